The van der Waals surface area contributed by atoms with E-state index in [1.54, 1.807) is 23.3 Å². The van der Waals surface area contributed by atoms with Gasteiger partial charge in [0.15, 0.2) is 5.65 Å². The van der Waals surface area contributed by atoms with Crippen molar-refractivity contribution in [3.05, 3.63) is 18.9 Å². The molecule has 0 aliphatic carbocycles. The lowest BCUT2D eigenvalue weighted by atomic mass is 10.5. The van der Waals surface area contributed by atoms with Crippen molar-refractivity contribution in [2.45, 2.75) is 0 Å². The number of imidazole rings is 1. The molecule has 0 aliphatic heterocycles. The van der Waals surface area contributed by atoms with Crippen LogP contribution in [0.3, 0.4) is 0 Å². The largest absolute Gasteiger partial charge is 0.342 e. The van der Waals surface area contributed by atoms with Crippen molar-refractivity contribution in [3.8, 4) is 0 Å². The molecule has 0 amide bonds. The molecule has 58 valence electrons. The maximum Gasteiger partial charge on any atom is 0.256 e. The molecule has 3 rings (SSSR count). The predicted molar refractivity (Wildman–Crippen MR) is 40.4 cm³/mol. The van der Waals surface area contributed by atoms with Crippen LogP contribution in [0.4, 0.5) is 0 Å². The summed E-state index contributed by atoms with van der Waals surface area (Å²) in [6.45, 7) is 0. The molecule has 6 nitrogen and oxygen atoms in total. The molecular weight excluding hydrogens is 156 g/mol. The Kier molecular flexibility index (Phi) is 0.840. The predicted octanol–water partition coefficient (Wildman–Crippen LogP) is 0.000600. The van der Waals surface area contributed by atoms with Gasteiger partial charge in [-0.3, -0.25) is 0 Å². The van der Waals surface area contributed by atoms with Gasteiger partial charge in [0.2, 0.25) is 0 Å². The van der Waals surface area contributed by atoms with Gasteiger partial charge < -0.3 is 4.98 Å². The Bertz CT molecular complexity index is 485. The third kappa shape index (κ3) is 0.541. The van der Waals surface area contributed by atoms with Crippen LogP contribution < -0.4 is 0 Å². The van der Waals surface area contributed by atoms with Crippen molar-refractivity contribution in [2.75, 3.05) is 0 Å². The highest BCUT2D eigenvalue weighted by Gasteiger charge is 2.02. The summed E-state index contributed by atoms with van der Waals surface area (Å²) >= 11 is 0. The second kappa shape index (κ2) is 1.79. The summed E-state index contributed by atoms with van der Waals surface area (Å²) in [5, 5.41) is 7.52. The minimum absolute atomic E-state index is 0.564. The number of H-pyrrole nitrogens is 1. The standard InChI is InChI=1S/C6H4N6/c1-4-5(9-2-8-4)12-3-10-11-6(12)7-1/h1-3H,(H,8,9). The van der Waals surface area contributed by atoms with Crippen LogP contribution in [-0.2, 0) is 0 Å². The molecule has 12 heavy (non-hydrogen) atoms. The summed E-state index contributed by atoms with van der Waals surface area (Å²) in [5.41, 5.74) is 1.67. The monoisotopic (exact) mass is 160 g/mol. The van der Waals surface area contributed by atoms with Crippen LogP contribution in [0.5, 0.6) is 0 Å². The van der Waals surface area contributed by atoms with E-state index in [2.05, 4.69) is 25.1 Å². The van der Waals surface area contributed by atoms with Gasteiger partial charge in [0.1, 0.15) is 11.8 Å². The van der Waals surface area contributed by atoms with E-state index in [4.69, 9.17) is 0 Å². The third-order valence-corrected chi connectivity index (χ3v) is 1.71. The van der Waals surface area contributed by atoms with E-state index < -0.39 is 0 Å². The number of nitrogens with zero attached hydrogens (tertiary/aromatic N) is 5. The molecule has 0 fully saturated rings. The number of aromatic nitrogens is 6. The van der Waals surface area contributed by atoms with E-state index in [0.29, 0.717) is 5.78 Å². The zero-order valence-corrected chi connectivity index (χ0v) is 5.97. The number of hydrogen-bond acceptors (Lipinski definition) is 4. The van der Waals surface area contributed by atoms with Crippen LogP contribution in [0.25, 0.3) is 16.9 Å². The molecule has 0 radical (unpaired) electrons. The topological polar surface area (TPSA) is 71.8 Å². The van der Waals surface area contributed by atoms with Gasteiger partial charge in [-0.05, 0) is 0 Å². The van der Waals surface area contributed by atoms with Crippen molar-refractivity contribution in [2.24, 2.45) is 0 Å². The molecule has 0 unspecified atom stereocenters. The highest BCUT2D eigenvalue weighted by Crippen LogP contribution is 2.07. The molecule has 0 bridgehead atoms. The van der Waals surface area contributed by atoms with E-state index >= 15 is 0 Å². The lowest BCUT2D eigenvalue weighted by molar-refractivity contribution is 1.10. The molecule has 3 aromatic rings. The molecule has 1 N–H and O–H groups in total. The van der Waals surface area contributed by atoms with Crippen LogP contribution in [0, 0.1) is 0 Å². The van der Waals surface area contributed by atoms with Crippen molar-refractivity contribution in [1.29, 1.82) is 0 Å². The second-order valence-corrected chi connectivity index (χ2v) is 2.40. The second-order valence-electron chi connectivity index (χ2n) is 2.40. The van der Waals surface area contributed by atoms with Crippen molar-refractivity contribution in [3.63, 3.8) is 0 Å². The van der Waals surface area contributed by atoms with E-state index in [0.717, 1.165) is 11.2 Å². The Morgan fingerprint density at radius 2 is 2.33 bits per heavy atom. The van der Waals surface area contributed by atoms with Crippen LogP contribution in [0.2, 0.25) is 0 Å². The zero-order chi connectivity index (χ0) is 7.97. The summed E-state index contributed by atoms with van der Waals surface area (Å²) < 4.78 is 1.73. The summed E-state index contributed by atoms with van der Waals surface area (Å²) in [7, 11) is 0. The number of aromatic amines is 1. The first-order valence-electron chi connectivity index (χ1n) is 3.43. The van der Waals surface area contributed by atoms with E-state index in [9.17, 15) is 0 Å². The first-order valence-corrected chi connectivity index (χ1v) is 3.43. The molecule has 0 saturated heterocycles. The summed E-state index contributed by atoms with van der Waals surface area (Å²) in [5.74, 6) is 0.564. The number of hydrogen-bond donors (Lipinski definition) is 1. The average molecular weight is 160 g/mol. The van der Waals surface area contributed by atoms with Gasteiger partial charge in [0, 0.05) is 0 Å². The molecule has 0 aromatic carbocycles. The molecule has 3 aromatic heterocycles. The fraction of sp³-hybridized carbons (Fsp3) is 0. The van der Waals surface area contributed by atoms with Gasteiger partial charge in [-0.25, -0.2) is 14.4 Å². The minimum Gasteiger partial charge on any atom is -0.342 e. The first kappa shape index (κ1) is 5.64. The SMILES string of the molecule is c1nc2c(cnc3nncn32)[nH]1. The Morgan fingerprint density at radius 3 is 3.33 bits per heavy atom. The number of rotatable bonds is 0. The summed E-state index contributed by atoms with van der Waals surface area (Å²) in [6, 6.07) is 0. The molecule has 6 heteroatoms. The first-order chi connectivity index (χ1) is 5.95. The van der Waals surface area contributed by atoms with E-state index in [-0.39, 0.29) is 0 Å². The van der Waals surface area contributed by atoms with Gasteiger partial charge in [-0.1, -0.05) is 0 Å². The number of nitrogens with one attached hydrogen (secondary N) is 1. The van der Waals surface area contributed by atoms with Gasteiger partial charge in [-0.2, -0.15) is 0 Å². The van der Waals surface area contributed by atoms with Gasteiger partial charge in [-0.15, -0.1) is 10.2 Å². The highest BCUT2D eigenvalue weighted by molar-refractivity contribution is 5.71. The normalized spacial score (nSPS) is 11.3. The van der Waals surface area contributed by atoms with Crippen molar-refractivity contribution >= 4 is 16.9 Å². The fourth-order valence-electron chi connectivity index (χ4n) is 1.17. The molecule has 3 heterocycles. The lowest BCUT2D eigenvalue weighted by Crippen LogP contribution is -1.88. The summed E-state index contributed by atoms with van der Waals surface area (Å²) in [6.07, 6.45) is 4.89. The third-order valence-electron chi connectivity index (χ3n) is 1.71. The quantitative estimate of drug-likeness (QED) is 0.502. The maximum atomic E-state index is 4.11. The van der Waals surface area contributed by atoms with Gasteiger partial charge in [0.25, 0.3) is 5.78 Å². The molecule has 0 spiro atoms. The van der Waals surface area contributed by atoms with Crippen LogP contribution in [0.1, 0.15) is 0 Å². The minimum atomic E-state index is 0.564. The molecule has 0 saturated carbocycles. The van der Waals surface area contributed by atoms with E-state index in [1.807, 2.05) is 0 Å². The van der Waals surface area contributed by atoms with Crippen LogP contribution in [0.15, 0.2) is 18.9 Å². The Hall–Kier alpha value is -1.98. The number of fused-ring (bicyclic) bond motifs is 3. The van der Waals surface area contributed by atoms with E-state index in [1.165, 1.54) is 0 Å². The van der Waals surface area contributed by atoms with Crippen molar-refractivity contribution < 1.29 is 0 Å². The molecule has 0 aliphatic rings. The molecular formula is C6H4N6. The maximum absolute atomic E-state index is 4.11. The Balaban J connectivity index is 2.71. The smallest absolute Gasteiger partial charge is 0.256 e. The fourth-order valence-corrected chi connectivity index (χ4v) is 1.17. The van der Waals surface area contributed by atoms with Gasteiger partial charge in [0.05, 0.1) is 12.5 Å². The van der Waals surface area contributed by atoms with Gasteiger partial charge >= 0.3 is 0 Å². The molecule has 0 atom stereocenters. The summed E-state index contributed by atoms with van der Waals surface area (Å²) in [4.78, 5) is 11.1. The Labute approximate surface area is 66.3 Å². The zero-order valence-electron chi connectivity index (χ0n) is 5.97. The van der Waals surface area contributed by atoms with Crippen LogP contribution >= 0.6 is 0 Å². The average Bonchev–Trinajstić information content (AvgIpc) is 2.71. The van der Waals surface area contributed by atoms with Crippen LogP contribution in [-0.4, -0.2) is 29.5 Å². The highest BCUT2D eigenvalue weighted by atomic mass is 15.3. The lowest BCUT2D eigenvalue weighted by Gasteiger charge is -1.90. The van der Waals surface area contributed by atoms with Crippen molar-refractivity contribution in [1.82, 2.24) is 29.5 Å². The Morgan fingerprint density at radius 1 is 1.33 bits per heavy atom.